The van der Waals surface area contributed by atoms with Gasteiger partial charge in [-0.15, -0.1) is 0 Å². The summed E-state index contributed by atoms with van der Waals surface area (Å²) in [4.78, 5) is 29.0. The molecule has 0 aliphatic heterocycles. The Morgan fingerprint density at radius 1 is 0.838 bits per heavy atom. The third kappa shape index (κ3) is 8.85. The van der Waals surface area contributed by atoms with Crippen LogP contribution in [0.1, 0.15) is 69.2 Å². The first-order valence-electron chi connectivity index (χ1n) is 13.0. The highest BCUT2D eigenvalue weighted by molar-refractivity contribution is 5.88. The van der Waals surface area contributed by atoms with Crippen LogP contribution in [0.3, 0.4) is 0 Å². The molecule has 0 spiro atoms. The predicted octanol–water partition coefficient (Wildman–Crippen LogP) is 6.44. The average Bonchev–Trinajstić information content (AvgIpc) is 2.85. The van der Waals surface area contributed by atoms with E-state index in [0.29, 0.717) is 18.8 Å². The molecule has 3 aromatic rings. The second kappa shape index (κ2) is 12.7. The van der Waals surface area contributed by atoms with E-state index in [1.807, 2.05) is 51.1 Å². The number of hydrogen-bond acceptors (Lipinski definition) is 2. The van der Waals surface area contributed by atoms with Crippen molar-refractivity contribution in [1.29, 1.82) is 0 Å². The number of rotatable bonds is 10. The van der Waals surface area contributed by atoms with Crippen LogP contribution in [0, 0.1) is 5.82 Å². The van der Waals surface area contributed by atoms with Gasteiger partial charge >= 0.3 is 0 Å². The zero-order chi connectivity index (χ0) is 27.0. The number of aryl methyl sites for hydroxylation is 1. The van der Waals surface area contributed by atoms with Crippen molar-refractivity contribution in [2.24, 2.45) is 0 Å². The Morgan fingerprint density at radius 2 is 1.43 bits per heavy atom. The molecule has 1 N–H and O–H groups in total. The van der Waals surface area contributed by atoms with Crippen LogP contribution >= 0.6 is 0 Å². The topological polar surface area (TPSA) is 49.4 Å². The molecule has 0 aliphatic carbocycles. The Balaban J connectivity index is 1.89. The highest BCUT2D eigenvalue weighted by Gasteiger charge is 2.32. The monoisotopic (exact) mass is 502 g/mol. The summed E-state index contributed by atoms with van der Waals surface area (Å²) in [6.45, 7) is 10.3. The first-order valence-corrected chi connectivity index (χ1v) is 13.0. The maximum atomic E-state index is 13.7. The van der Waals surface area contributed by atoms with E-state index in [-0.39, 0.29) is 30.6 Å². The Hall–Kier alpha value is -3.47. The molecule has 0 radical (unpaired) electrons. The second-order valence-corrected chi connectivity index (χ2v) is 11.0. The summed E-state index contributed by atoms with van der Waals surface area (Å²) in [6.07, 6.45) is 1.24. The summed E-state index contributed by atoms with van der Waals surface area (Å²) in [5.74, 6) is -0.199. The van der Waals surface area contributed by atoms with Gasteiger partial charge in [-0.3, -0.25) is 9.59 Å². The highest BCUT2D eigenvalue weighted by Crippen LogP contribution is 2.19. The standard InChI is InChI=1S/C32H39FN2O2/c1-23(2)27-16-11-24(12-17-27)15-20-30(36)35(22-26-13-18-28(33)19-14-26)29(31(37)34-32(3,4)5)21-25-9-7-6-8-10-25/h6-14,16-19,23,29H,15,20-22H2,1-5H3,(H,34,37)/t29-/m0/s1. The number of benzene rings is 3. The SMILES string of the molecule is CC(C)c1ccc(CCC(=O)N(Cc2ccc(F)cc2)[C@@H](Cc2ccccc2)C(=O)NC(C)(C)C)cc1. The normalized spacial score (nSPS) is 12.3. The molecule has 0 saturated carbocycles. The number of carbonyl (C=O) groups excluding carboxylic acids is 2. The van der Waals surface area contributed by atoms with E-state index in [0.717, 1.165) is 16.7 Å². The number of carbonyl (C=O) groups is 2. The zero-order valence-electron chi connectivity index (χ0n) is 22.6. The van der Waals surface area contributed by atoms with Crippen LogP contribution in [0.2, 0.25) is 0 Å². The minimum Gasteiger partial charge on any atom is -0.350 e. The lowest BCUT2D eigenvalue weighted by Crippen LogP contribution is -2.54. The Labute approximate surface area is 220 Å². The third-order valence-electron chi connectivity index (χ3n) is 6.31. The van der Waals surface area contributed by atoms with Crippen molar-refractivity contribution < 1.29 is 14.0 Å². The fourth-order valence-electron chi connectivity index (χ4n) is 4.26. The Kier molecular flexibility index (Phi) is 9.62. The molecule has 2 amide bonds. The molecule has 4 nitrogen and oxygen atoms in total. The van der Waals surface area contributed by atoms with Crippen molar-refractivity contribution in [3.63, 3.8) is 0 Å². The maximum Gasteiger partial charge on any atom is 0.243 e. The first-order chi connectivity index (χ1) is 17.5. The molecule has 0 unspecified atom stereocenters. The summed E-state index contributed by atoms with van der Waals surface area (Å²) in [5, 5.41) is 3.07. The molecule has 0 fully saturated rings. The van der Waals surface area contributed by atoms with Gasteiger partial charge in [0.15, 0.2) is 0 Å². The van der Waals surface area contributed by atoms with Crippen molar-refractivity contribution in [2.45, 2.75) is 77.9 Å². The number of halogens is 1. The van der Waals surface area contributed by atoms with Gasteiger partial charge in [-0.1, -0.05) is 80.6 Å². The molecule has 0 aliphatic rings. The molecule has 3 rings (SSSR count). The third-order valence-corrected chi connectivity index (χ3v) is 6.31. The molecule has 0 heterocycles. The summed E-state index contributed by atoms with van der Waals surface area (Å²) in [6, 6.07) is 23.5. The van der Waals surface area contributed by atoms with Crippen LogP contribution in [-0.4, -0.2) is 28.3 Å². The lowest BCUT2D eigenvalue weighted by atomic mass is 9.98. The van der Waals surface area contributed by atoms with Gasteiger partial charge in [0.1, 0.15) is 11.9 Å². The lowest BCUT2D eigenvalue weighted by molar-refractivity contribution is -0.141. The summed E-state index contributed by atoms with van der Waals surface area (Å²) in [7, 11) is 0. The molecule has 37 heavy (non-hydrogen) atoms. The van der Waals surface area contributed by atoms with E-state index in [1.165, 1.54) is 17.7 Å². The molecule has 0 bridgehead atoms. The number of nitrogens with zero attached hydrogens (tertiary/aromatic N) is 1. The second-order valence-electron chi connectivity index (χ2n) is 11.0. The van der Waals surface area contributed by atoms with Crippen molar-refractivity contribution in [2.75, 3.05) is 0 Å². The van der Waals surface area contributed by atoms with Gasteiger partial charge in [-0.25, -0.2) is 4.39 Å². The molecule has 3 aromatic carbocycles. The van der Waals surface area contributed by atoms with E-state index >= 15 is 0 Å². The fraction of sp³-hybridized carbons (Fsp3) is 0.375. The minimum atomic E-state index is -0.706. The van der Waals surface area contributed by atoms with Gasteiger partial charge in [0.2, 0.25) is 11.8 Å². The number of nitrogens with one attached hydrogen (secondary N) is 1. The summed E-state index contributed by atoms with van der Waals surface area (Å²) < 4.78 is 13.6. The van der Waals surface area contributed by atoms with E-state index < -0.39 is 11.6 Å². The quantitative estimate of drug-likeness (QED) is 0.347. The van der Waals surface area contributed by atoms with Crippen LogP contribution in [0.15, 0.2) is 78.9 Å². The van der Waals surface area contributed by atoms with E-state index in [4.69, 9.17) is 0 Å². The largest absolute Gasteiger partial charge is 0.350 e. The molecule has 0 aromatic heterocycles. The van der Waals surface area contributed by atoms with Gasteiger partial charge in [0.25, 0.3) is 0 Å². The van der Waals surface area contributed by atoms with Crippen LogP contribution in [0.5, 0.6) is 0 Å². The lowest BCUT2D eigenvalue weighted by Gasteiger charge is -2.34. The molecule has 0 saturated heterocycles. The van der Waals surface area contributed by atoms with Crippen molar-refractivity contribution in [1.82, 2.24) is 10.2 Å². The van der Waals surface area contributed by atoms with Gasteiger partial charge in [0, 0.05) is 24.9 Å². The van der Waals surface area contributed by atoms with Crippen molar-refractivity contribution in [3.8, 4) is 0 Å². The number of hydrogen-bond donors (Lipinski definition) is 1. The van der Waals surface area contributed by atoms with Crippen molar-refractivity contribution >= 4 is 11.8 Å². The van der Waals surface area contributed by atoms with Gasteiger partial charge in [0.05, 0.1) is 0 Å². The molecule has 5 heteroatoms. The molecule has 196 valence electrons. The van der Waals surface area contributed by atoms with Crippen LogP contribution in [0.4, 0.5) is 4.39 Å². The minimum absolute atomic E-state index is 0.109. The van der Waals surface area contributed by atoms with Crippen molar-refractivity contribution in [3.05, 3.63) is 107 Å². The first kappa shape index (κ1) is 28.1. The van der Waals surface area contributed by atoms with Gasteiger partial charge < -0.3 is 10.2 Å². The fourth-order valence-corrected chi connectivity index (χ4v) is 4.26. The Bertz CT molecular complexity index is 1150. The van der Waals surface area contributed by atoms with Gasteiger partial charge in [-0.2, -0.15) is 0 Å². The predicted molar refractivity (Wildman–Crippen MR) is 148 cm³/mol. The summed E-state index contributed by atoms with van der Waals surface area (Å²) >= 11 is 0. The highest BCUT2D eigenvalue weighted by atomic mass is 19.1. The maximum absolute atomic E-state index is 13.7. The summed E-state index contributed by atoms with van der Waals surface area (Å²) in [5.41, 5.74) is 3.64. The smallest absolute Gasteiger partial charge is 0.243 e. The number of amides is 2. The van der Waals surface area contributed by atoms with Gasteiger partial charge in [-0.05, 0) is 67.5 Å². The molecular formula is C32H39FN2O2. The van der Waals surface area contributed by atoms with Crippen LogP contribution < -0.4 is 5.32 Å². The van der Waals surface area contributed by atoms with E-state index in [9.17, 15) is 14.0 Å². The van der Waals surface area contributed by atoms with Crippen LogP contribution in [-0.2, 0) is 29.0 Å². The van der Waals surface area contributed by atoms with E-state index in [2.05, 4.69) is 43.4 Å². The Morgan fingerprint density at radius 3 is 2.00 bits per heavy atom. The zero-order valence-corrected chi connectivity index (χ0v) is 22.6. The molecule has 1 atom stereocenters. The molecular weight excluding hydrogens is 463 g/mol. The average molecular weight is 503 g/mol. The van der Waals surface area contributed by atoms with E-state index in [1.54, 1.807) is 17.0 Å². The van der Waals surface area contributed by atoms with Crippen LogP contribution in [0.25, 0.3) is 0 Å².